The number of aliphatic hydroxyl groups excluding tert-OH is 2. The van der Waals surface area contributed by atoms with Gasteiger partial charge in [-0.2, -0.15) is 0 Å². The van der Waals surface area contributed by atoms with Gasteiger partial charge in [0.25, 0.3) is 0 Å². The van der Waals surface area contributed by atoms with Crippen LogP contribution in [-0.2, 0) is 24.6 Å². The van der Waals surface area contributed by atoms with E-state index in [9.17, 15) is 15.0 Å². The summed E-state index contributed by atoms with van der Waals surface area (Å²) < 4.78 is 11.6. The Balaban J connectivity index is 1.83. The maximum absolute atomic E-state index is 12.0. The van der Waals surface area contributed by atoms with Crippen LogP contribution >= 0.6 is 0 Å². The average Bonchev–Trinajstić information content (AvgIpc) is 2.76. The second-order valence-corrected chi connectivity index (χ2v) is 6.70. The van der Waals surface area contributed by atoms with E-state index in [-0.39, 0.29) is 19.1 Å². The van der Waals surface area contributed by atoms with Crippen LogP contribution in [0.4, 0.5) is 0 Å². The number of rotatable bonds is 12. The highest BCUT2D eigenvalue weighted by Crippen LogP contribution is 2.21. The van der Waals surface area contributed by atoms with Crippen molar-refractivity contribution in [3.63, 3.8) is 0 Å². The largest absolute Gasteiger partial charge is 0.494 e. The van der Waals surface area contributed by atoms with Gasteiger partial charge in [-0.15, -0.1) is 0 Å². The standard InChI is InChI=1S/C23H31NO5/c1-3-24(4-2)23(27)9-6-12-28-21-8-5-7-18(13-21)17-29-22-11-10-19(15-25)20(14-22)16-26/h5,7-8,10-11,13-14,25-26H,3-4,6,9,12,15-17H2,1-2H3. The predicted molar refractivity (Wildman–Crippen MR) is 112 cm³/mol. The Morgan fingerprint density at radius 3 is 2.34 bits per heavy atom. The molecule has 6 nitrogen and oxygen atoms in total. The summed E-state index contributed by atoms with van der Waals surface area (Å²) in [5, 5.41) is 18.6. The lowest BCUT2D eigenvalue weighted by Gasteiger charge is -2.18. The lowest BCUT2D eigenvalue weighted by atomic mass is 10.1. The lowest BCUT2D eigenvalue weighted by molar-refractivity contribution is -0.131. The highest BCUT2D eigenvalue weighted by Gasteiger charge is 2.09. The monoisotopic (exact) mass is 401 g/mol. The van der Waals surface area contributed by atoms with Gasteiger partial charge in [0.15, 0.2) is 0 Å². The Morgan fingerprint density at radius 1 is 0.931 bits per heavy atom. The first-order chi connectivity index (χ1) is 14.1. The van der Waals surface area contributed by atoms with Crippen LogP contribution in [0.2, 0.25) is 0 Å². The minimum atomic E-state index is -0.146. The van der Waals surface area contributed by atoms with Crippen molar-refractivity contribution in [2.75, 3.05) is 19.7 Å². The van der Waals surface area contributed by atoms with Crippen LogP contribution in [0.1, 0.15) is 43.4 Å². The molecule has 0 unspecified atom stereocenters. The van der Waals surface area contributed by atoms with Crippen molar-refractivity contribution in [3.8, 4) is 11.5 Å². The molecule has 2 N–H and O–H groups in total. The number of carbonyl (C=O) groups excluding carboxylic acids is 1. The fourth-order valence-electron chi connectivity index (χ4n) is 3.03. The van der Waals surface area contributed by atoms with E-state index in [0.29, 0.717) is 42.9 Å². The van der Waals surface area contributed by atoms with Crippen LogP contribution < -0.4 is 9.47 Å². The van der Waals surface area contributed by atoms with E-state index >= 15 is 0 Å². The number of benzene rings is 2. The van der Waals surface area contributed by atoms with Crippen molar-refractivity contribution in [1.82, 2.24) is 4.90 Å². The average molecular weight is 402 g/mol. The summed E-state index contributed by atoms with van der Waals surface area (Å²) in [4.78, 5) is 13.8. The van der Waals surface area contributed by atoms with E-state index in [1.54, 1.807) is 18.2 Å². The predicted octanol–water partition coefficient (Wildman–Crippen LogP) is 3.28. The summed E-state index contributed by atoms with van der Waals surface area (Å²) in [6.45, 7) is 6.03. The maximum atomic E-state index is 12.0. The molecule has 0 atom stereocenters. The Morgan fingerprint density at radius 2 is 1.66 bits per heavy atom. The minimum absolute atomic E-state index is 0.115. The van der Waals surface area contributed by atoms with Crippen LogP contribution in [0, 0.1) is 0 Å². The van der Waals surface area contributed by atoms with E-state index in [4.69, 9.17) is 9.47 Å². The first-order valence-electron chi connectivity index (χ1n) is 10.1. The number of hydrogen-bond donors (Lipinski definition) is 2. The summed E-state index contributed by atoms with van der Waals surface area (Å²) in [5.41, 5.74) is 2.30. The smallest absolute Gasteiger partial charge is 0.222 e. The highest BCUT2D eigenvalue weighted by molar-refractivity contribution is 5.76. The number of carbonyl (C=O) groups is 1. The van der Waals surface area contributed by atoms with Gasteiger partial charge in [-0.3, -0.25) is 4.79 Å². The van der Waals surface area contributed by atoms with E-state index in [0.717, 1.165) is 24.4 Å². The molecular weight excluding hydrogens is 370 g/mol. The van der Waals surface area contributed by atoms with Crippen LogP contribution in [0.3, 0.4) is 0 Å². The third-order valence-corrected chi connectivity index (χ3v) is 4.74. The number of nitrogens with zero attached hydrogens (tertiary/aromatic N) is 1. The topological polar surface area (TPSA) is 79.2 Å². The van der Waals surface area contributed by atoms with Crippen LogP contribution in [-0.4, -0.2) is 40.7 Å². The van der Waals surface area contributed by atoms with Gasteiger partial charge in [-0.25, -0.2) is 0 Å². The molecular formula is C23H31NO5. The molecule has 0 saturated heterocycles. The first-order valence-corrected chi connectivity index (χ1v) is 10.1. The van der Waals surface area contributed by atoms with Gasteiger partial charge in [-0.1, -0.05) is 18.2 Å². The van der Waals surface area contributed by atoms with Gasteiger partial charge in [-0.05, 0) is 61.2 Å². The lowest BCUT2D eigenvalue weighted by Crippen LogP contribution is -2.30. The zero-order valence-corrected chi connectivity index (χ0v) is 17.3. The fraction of sp³-hybridized carbons (Fsp3) is 0.435. The number of hydrogen-bond acceptors (Lipinski definition) is 5. The summed E-state index contributed by atoms with van der Waals surface area (Å²) in [6.07, 6.45) is 1.17. The second kappa shape index (κ2) is 12.1. The molecule has 0 aliphatic carbocycles. The zero-order valence-electron chi connectivity index (χ0n) is 17.3. The Kier molecular flexibility index (Phi) is 9.47. The number of aliphatic hydroxyl groups is 2. The molecule has 0 aliphatic rings. The van der Waals surface area contributed by atoms with Crippen molar-refractivity contribution in [3.05, 3.63) is 59.2 Å². The third kappa shape index (κ3) is 7.07. The molecule has 158 valence electrons. The molecule has 29 heavy (non-hydrogen) atoms. The van der Waals surface area contributed by atoms with Crippen molar-refractivity contribution in [2.24, 2.45) is 0 Å². The SMILES string of the molecule is CCN(CC)C(=O)CCCOc1cccc(COc2ccc(CO)c(CO)c2)c1. The first kappa shape index (κ1) is 22.7. The van der Waals surface area contributed by atoms with Crippen LogP contribution in [0.5, 0.6) is 11.5 Å². The molecule has 0 bridgehead atoms. The molecule has 0 fully saturated rings. The normalized spacial score (nSPS) is 10.6. The van der Waals surface area contributed by atoms with Crippen LogP contribution in [0.15, 0.2) is 42.5 Å². The van der Waals surface area contributed by atoms with E-state index < -0.39 is 0 Å². The Hall–Kier alpha value is -2.57. The molecule has 2 rings (SSSR count). The van der Waals surface area contributed by atoms with Gasteiger partial charge in [0.1, 0.15) is 18.1 Å². The second-order valence-electron chi connectivity index (χ2n) is 6.70. The molecule has 0 aromatic heterocycles. The Labute approximate surface area is 172 Å². The molecule has 2 aromatic carbocycles. The van der Waals surface area contributed by atoms with Gasteiger partial charge >= 0.3 is 0 Å². The summed E-state index contributed by atoms with van der Waals surface area (Å²) >= 11 is 0. The molecule has 2 aromatic rings. The number of ether oxygens (including phenoxy) is 2. The molecule has 1 amide bonds. The van der Waals surface area contributed by atoms with Gasteiger partial charge < -0.3 is 24.6 Å². The minimum Gasteiger partial charge on any atom is -0.494 e. The van der Waals surface area contributed by atoms with Crippen molar-refractivity contribution in [1.29, 1.82) is 0 Å². The maximum Gasteiger partial charge on any atom is 0.222 e. The summed E-state index contributed by atoms with van der Waals surface area (Å²) in [7, 11) is 0. The van der Waals surface area contributed by atoms with Crippen molar-refractivity contribution in [2.45, 2.75) is 46.5 Å². The molecule has 0 aliphatic heterocycles. The zero-order chi connectivity index (χ0) is 21.1. The molecule has 0 radical (unpaired) electrons. The summed E-state index contributed by atoms with van der Waals surface area (Å²) in [5.74, 6) is 1.54. The van der Waals surface area contributed by atoms with Crippen molar-refractivity contribution >= 4 is 5.91 Å². The third-order valence-electron chi connectivity index (χ3n) is 4.74. The van der Waals surface area contributed by atoms with Crippen LogP contribution in [0.25, 0.3) is 0 Å². The van der Waals surface area contributed by atoms with Crippen molar-refractivity contribution < 1.29 is 24.5 Å². The molecule has 0 saturated carbocycles. The van der Waals surface area contributed by atoms with E-state index in [1.165, 1.54) is 0 Å². The van der Waals surface area contributed by atoms with E-state index in [2.05, 4.69) is 0 Å². The fourth-order valence-corrected chi connectivity index (χ4v) is 3.03. The molecule has 0 spiro atoms. The molecule has 6 heteroatoms. The Bertz CT molecular complexity index is 774. The van der Waals surface area contributed by atoms with E-state index in [1.807, 2.05) is 43.0 Å². The highest BCUT2D eigenvalue weighted by atomic mass is 16.5. The quantitative estimate of drug-likeness (QED) is 0.534. The molecule has 0 heterocycles. The van der Waals surface area contributed by atoms with Gasteiger partial charge in [0, 0.05) is 19.5 Å². The van der Waals surface area contributed by atoms with Gasteiger partial charge in [0.2, 0.25) is 5.91 Å². The summed E-state index contributed by atoms with van der Waals surface area (Å²) in [6, 6.07) is 12.9. The van der Waals surface area contributed by atoms with Gasteiger partial charge in [0.05, 0.1) is 19.8 Å². The number of amides is 1.